The van der Waals surface area contributed by atoms with Gasteiger partial charge in [0.05, 0.1) is 6.61 Å². The highest BCUT2D eigenvalue weighted by Crippen LogP contribution is 2.32. The summed E-state index contributed by atoms with van der Waals surface area (Å²) in [5, 5.41) is 14.8. The molecule has 3 N–H and O–H groups in total. The molecule has 1 aliphatic carbocycles. The van der Waals surface area contributed by atoms with Crippen molar-refractivity contribution in [3.8, 4) is 11.5 Å². The third-order valence-electron chi connectivity index (χ3n) is 4.93. The highest BCUT2D eigenvalue weighted by atomic mass is 16.7. The minimum absolute atomic E-state index is 0.192. The van der Waals surface area contributed by atoms with Crippen LogP contribution >= 0.6 is 0 Å². The average molecular weight is 374 g/mol. The zero-order chi connectivity index (χ0) is 19.1. The van der Waals surface area contributed by atoms with Crippen LogP contribution in [0.4, 0.5) is 0 Å². The maximum atomic E-state index is 12.2. The highest BCUT2D eigenvalue weighted by Gasteiger charge is 2.21. The van der Waals surface area contributed by atoms with Crippen molar-refractivity contribution in [2.75, 3.05) is 19.9 Å². The zero-order valence-corrected chi connectivity index (χ0v) is 15.3. The molecule has 0 unspecified atom stereocenters. The molecule has 0 bridgehead atoms. The zero-order valence-electron chi connectivity index (χ0n) is 15.3. The molecule has 7 nitrogen and oxygen atoms in total. The number of carbonyl (C=O) groups excluding carboxylic acids is 2. The van der Waals surface area contributed by atoms with Gasteiger partial charge in [0, 0.05) is 12.6 Å². The lowest BCUT2D eigenvalue weighted by molar-refractivity contribution is -0.128. The Morgan fingerprint density at radius 1 is 1.19 bits per heavy atom. The van der Waals surface area contributed by atoms with Crippen LogP contribution < -0.4 is 20.1 Å². The number of ether oxygens (including phenoxy) is 2. The van der Waals surface area contributed by atoms with Gasteiger partial charge >= 0.3 is 0 Å². The molecule has 1 aromatic rings. The van der Waals surface area contributed by atoms with Crippen LogP contribution in [0, 0.1) is 5.92 Å². The first-order chi connectivity index (χ1) is 13.2. The van der Waals surface area contributed by atoms with Crippen LogP contribution in [0.25, 0.3) is 6.08 Å². The topological polar surface area (TPSA) is 96.9 Å². The molecule has 0 saturated heterocycles. The van der Waals surface area contributed by atoms with Crippen molar-refractivity contribution in [3.05, 3.63) is 29.8 Å². The molecular weight excluding hydrogens is 348 g/mol. The minimum Gasteiger partial charge on any atom is -0.454 e. The number of carbonyl (C=O) groups is 2. The standard InChI is InChI=1S/C20H26N2O5/c23-12-16(20(25)21-11-15-4-2-1-3-5-15)22-19(24)9-7-14-6-8-17-18(10-14)27-13-26-17/h6-10,15-16,23H,1-5,11-13H2,(H,21,25)(H,22,24)/t16-/m0/s1. The van der Waals surface area contributed by atoms with Gasteiger partial charge in [-0.15, -0.1) is 0 Å². The van der Waals surface area contributed by atoms with E-state index in [9.17, 15) is 14.7 Å². The van der Waals surface area contributed by atoms with Crippen molar-refractivity contribution in [3.63, 3.8) is 0 Å². The summed E-state index contributed by atoms with van der Waals surface area (Å²) in [5.74, 6) is 0.996. The van der Waals surface area contributed by atoms with Gasteiger partial charge in [-0.1, -0.05) is 25.3 Å². The summed E-state index contributed by atoms with van der Waals surface area (Å²) in [6.07, 6.45) is 8.84. The van der Waals surface area contributed by atoms with Gasteiger partial charge in [0.25, 0.3) is 0 Å². The van der Waals surface area contributed by atoms with Crippen molar-refractivity contribution in [2.45, 2.75) is 38.1 Å². The predicted octanol–water partition coefficient (Wildman–Crippen LogP) is 1.60. The molecule has 1 fully saturated rings. The second kappa shape index (κ2) is 9.41. The van der Waals surface area contributed by atoms with Gasteiger partial charge in [-0.05, 0) is 42.5 Å². The van der Waals surface area contributed by atoms with Crippen molar-refractivity contribution in [2.24, 2.45) is 5.92 Å². The Kier molecular flexibility index (Phi) is 6.70. The number of fused-ring (bicyclic) bond motifs is 1. The number of amides is 2. The normalized spacial score (nSPS) is 17.7. The second-order valence-corrected chi connectivity index (χ2v) is 6.94. The molecule has 1 heterocycles. The van der Waals surface area contributed by atoms with Gasteiger partial charge < -0.3 is 25.2 Å². The van der Waals surface area contributed by atoms with Crippen molar-refractivity contribution >= 4 is 17.9 Å². The molecule has 2 amide bonds. The summed E-state index contributed by atoms with van der Waals surface area (Å²) in [6, 6.07) is 4.39. The molecule has 1 aromatic carbocycles. The van der Waals surface area contributed by atoms with Gasteiger partial charge in [0.1, 0.15) is 6.04 Å². The van der Waals surface area contributed by atoms with Crippen LogP contribution in [0.1, 0.15) is 37.7 Å². The van der Waals surface area contributed by atoms with Crippen LogP contribution in [-0.4, -0.2) is 42.9 Å². The predicted molar refractivity (Wildman–Crippen MR) is 100 cm³/mol. The number of benzene rings is 1. The van der Waals surface area contributed by atoms with E-state index in [4.69, 9.17) is 9.47 Å². The number of aliphatic hydroxyl groups is 1. The third-order valence-corrected chi connectivity index (χ3v) is 4.93. The van der Waals surface area contributed by atoms with E-state index in [1.165, 1.54) is 25.3 Å². The lowest BCUT2D eigenvalue weighted by Crippen LogP contribution is -2.49. The number of nitrogens with one attached hydrogen (secondary N) is 2. The van der Waals surface area contributed by atoms with Crippen molar-refractivity contribution in [1.82, 2.24) is 10.6 Å². The summed E-state index contributed by atoms with van der Waals surface area (Å²) in [7, 11) is 0. The van der Waals surface area contributed by atoms with Crippen LogP contribution in [0.3, 0.4) is 0 Å². The maximum absolute atomic E-state index is 12.2. The van der Waals surface area contributed by atoms with E-state index < -0.39 is 18.6 Å². The van der Waals surface area contributed by atoms with Crippen LogP contribution in [0.2, 0.25) is 0 Å². The van der Waals surface area contributed by atoms with Gasteiger partial charge in [-0.25, -0.2) is 0 Å². The first-order valence-electron chi connectivity index (χ1n) is 9.42. The fourth-order valence-corrected chi connectivity index (χ4v) is 3.36. The Balaban J connectivity index is 1.47. The van der Waals surface area contributed by atoms with E-state index in [0.29, 0.717) is 24.0 Å². The molecule has 3 rings (SSSR count). The molecule has 0 radical (unpaired) electrons. The summed E-state index contributed by atoms with van der Waals surface area (Å²) in [6.45, 7) is 0.343. The summed E-state index contributed by atoms with van der Waals surface area (Å²) < 4.78 is 10.5. The Morgan fingerprint density at radius 3 is 2.74 bits per heavy atom. The fraction of sp³-hybridized carbons (Fsp3) is 0.500. The van der Waals surface area contributed by atoms with Gasteiger partial charge in [-0.2, -0.15) is 0 Å². The molecule has 0 aromatic heterocycles. The molecule has 27 heavy (non-hydrogen) atoms. The lowest BCUT2D eigenvalue weighted by atomic mass is 9.89. The smallest absolute Gasteiger partial charge is 0.244 e. The van der Waals surface area contributed by atoms with E-state index >= 15 is 0 Å². The van der Waals surface area contributed by atoms with Gasteiger partial charge in [-0.3, -0.25) is 9.59 Å². The molecule has 1 aliphatic heterocycles. The first kappa shape index (κ1) is 19.2. The van der Waals surface area contributed by atoms with Gasteiger partial charge in [0.15, 0.2) is 11.5 Å². The average Bonchev–Trinajstić information content (AvgIpc) is 3.17. The van der Waals surface area contributed by atoms with E-state index in [-0.39, 0.29) is 12.7 Å². The van der Waals surface area contributed by atoms with E-state index in [1.807, 2.05) is 0 Å². The Morgan fingerprint density at radius 2 is 1.96 bits per heavy atom. The quantitative estimate of drug-likeness (QED) is 0.630. The van der Waals surface area contributed by atoms with Crippen LogP contribution in [-0.2, 0) is 9.59 Å². The van der Waals surface area contributed by atoms with E-state index in [0.717, 1.165) is 18.4 Å². The maximum Gasteiger partial charge on any atom is 0.244 e. The summed E-state index contributed by atoms with van der Waals surface area (Å²) in [4.78, 5) is 24.3. The van der Waals surface area contributed by atoms with Crippen LogP contribution in [0.15, 0.2) is 24.3 Å². The number of rotatable bonds is 7. The van der Waals surface area contributed by atoms with Crippen LogP contribution in [0.5, 0.6) is 11.5 Å². The lowest BCUT2D eigenvalue weighted by Gasteiger charge is -2.23. The second-order valence-electron chi connectivity index (χ2n) is 6.94. The Hall–Kier alpha value is -2.54. The fourth-order valence-electron chi connectivity index (χ4n) is 3.36. The molecule has 146 valence electrons. The van der Waals surface area contributed by atoms with Crippen molar-refractivity contribution in [1.29, 1.82) is 0 Å². The Bertz CT molecular complexity index is 698. The van der Waals surface area contributed by atoms with E-state index in [1.54, 1.807) is 24.3 Å². The molecule has 1 atom stereocenters. The first-order valence-corrected chi connectivity index (χ1v) is 9.42. The summed E-state index contributed by atoms with van der Waals surface area (Å²) >= 11 is 0. The molecule has 7 heteroatoms. The third kappa shape index (κ3) is 5.47. The molecule has 1 saturated carbocycles. The minimum atomic E-state index is -0.956. The van der Waals surface area contributed by atoms with Gasteiger partial charge in [0.2, 0.25) is 18.6 Å². The Labute approximate surface area is 158 Å². The monoisotopic (exact) mass is 374 g/mol. The largest absolute Gasteiger partial charge is 0.454 e. The number of aliphatic hydroxyl groups excluding tert-OH is 1. The molecule has 2 aliphatic rings. The van der Waals surface area contributed by atoms with E-state index in [2.05, 4.69) is 10.6 Å². The summed E-state index contributed by atoms with van der Waals surface area (Å²) in [5.41, 5.74) is 0.775. The molecular formula is C20H26N2O5. The highest BCUT2D eigenvalue weighted by molar-refractivity contribution is 5.95. The SMILES string of the molecule is O=C(C=Cc1ccc2c(c1)OCO2)N[C@@H](CO)C(=O)NCC1CCCCC1. The van der Waals surface area contributed by atoms with Crippen molar-refractivity contribution < 1.29 is 24.2 Å². The number of hydrogen-bond acceptors (Lipinski definition) is 5. The number of hydrogen-bond donors (Lipinski definition) is 3. The molecule has 0 spiro atoms.